The van der Waals surface area contributed by atoms with Gasteiger partial charge in [0.05, 0.1) is 16.3 Å². The number of hydrogen-bond donors (Lipinski definition) is 2. The van der Waals surface area contributed by atoms with Crippen molar-refractivity contribution in [2.45, 2.75) is 17.7 Å². The molecule has 0 aliphatic carbocycles. The van der Waals surface area contributed by atoms with Gasteiger partial charge >= 0.3 is 0 Å². The highest BCUT2D eigenvalue weighted by Gasteiger charge is 2.32. The van der Waals surface area contributed by atoms with E-state index in [4.69, 9.17) is 0 Å². The van der Waals surface area contributed by atoms with E-state index < -0.39 is 27.7 Å². The molecular formula is C24H23FN4O4S. The molecule has 1 aliphatic rings. The molecule has 34 heavy (non-hydrogen) atoms. The van der Waals surface area contributed by atoms with Crippen molar-refractivity contribution in [2.75, 3.05) is 23.7 Å². The molecule has 2 heterocycles. The van der Waals surface area contributed by atoms with E-state index in [-0.39, 0.29) is 41.0 Å². The van der Waals surface area contributed by atoms with Gasteiger partial charge in [0.1, 0.15) is 11.5 Å². The van der Waals surface area contributed by atoms with Gasteiger partial charge in [-0.15, -0.1) is 0 Å². The first-order valence-electron chi connectivity index (χ1n) is 10.7. The normalized spacial score (nSPS) is 15.0. The Morgan fingerprint density at radius 3 is 2.29 bits per heavy atom. The summed E-state index contributed by atoms with van der Waals surface area (Å²) in [6, 6.07) is 16.7. The first kappa shape index (κ1) is 23.5. The quantitative estimate of drug-likeness (QED) is 0.559. The number of anilines is 2. The van der Waals surface area contributed by atoms with Crippen LogP contribution in [0.25, 0.3) is 0 Å². The molecule has 0 atom stereocenters. The summed E-state index contributed by atoms with van der Waals surface area (Å²) in [5, 5.41) is 5.32. The average molecular weight is 483 g/mol. The van der Waals surface area contributed by atoms with Crippen molar-refractivity contribution < 1.29 is 22.4 Å². The zero-order valence-corrected chi connectivity index (χ0v) is 19.0. The number of carbonyl (C=O) groups excluding carboxylic acids is 2. The Morgan fingerprint density at radius 2 is 1.62 bits per heavy atom. The number of hydrogen-bond acceptors (Lipinski definition) is 5. The summed E-state index contributed by atoms with van der Waals surface area (Å²) in [5.74, 6) is -1.89. The smallest absolute Gasteiger partial charge is 0.274 e. The highest BCUT2D eigenvalue weighted by atomic mass is 32.2. The lowest BCUT2D eigenvalue weighted by atomic mass is 9.97. The maximum atomic E-state index is 13.9. The van der Waals surface area contributed by atoms with E-state index >= 15 is 0 Å². The van der Waals surface area contributed by atoms with Crippen LogP contribution >= 0.6 is 0 Å². The fourth-order valence-electron chi connectivity index (χ4n) is 3.75. The molecule has 176 valence electrons. The largest absolute Gasteiger partial charge is 0.324 e. The Morgan fingerprint density at radius 1 is 0.912 bits per heavy atom. The third-order valence-corrected chi connectivity index (χ3v) is 7.50. The molecule has 8 nitrogen and oxygen atoms in total. The minimum absolute atomic E-state index is 0.119. The van der Waals surface area contributed by atoms with Crippen LogP contribution in [0.3, 0.4) is 0 Å². The minimum atomic E-state index is -3.62. The Kier molecular flexibility index (Phi) is 6.99. The van der Waals surface area contributed by atoms with Crippen LogP contribution < -0.4 is 10.6 Å². The summed E-state index contributed by atoms with van der Waals surface area (Å²) in [4.78, 5) is 29.5. The second kappa shape index (κ2) is 10.1. The molecule has 0 saturated carbocycles. The first-order valence-corrected chi connectivity index (χ1v) is 12.2. The Hall–Kier alpha value is -3.63. The predicted molar refractivity (Wildman–Crippen MR) is 125 cm³/mol. The molecule has 1 aliphatic heterocycles. The SMILES string of the molecule is O=C(Nc1ccc(F)cc1NC(=O)C1CCN(S(=O)(=O)c2ccccc2)CC1)c1ccccn1. The zero-order chi connectivity index (χ0) is 24.1. The highest BCUT2D eigenvalue weighted by Crippen LogP contribution is 2.28. The molecule has 2 N–H and O–H groups in total. The molecule has 4 rings (SSSR count). The van der Waals surface area contributed by atoms with E-state index in [1.807, 2.05) is 0 Å². The molecular weight excluding hydrogens is 459 g/mol. The van der Waals surface area contributed by atoms with Gasteiger partial charge in [0.2, 0.25) is 15.9 Å². The van der Waals surface area contributed by atoms with Crippen molar-refractivity contribution in [1.29, 1.82) is 0 Å². The molecule has 3 aromatic rings. The topological polar surface area (TPSA) is 108 Å². The molecule has 0 unspecified atom stereocenters. The second-order valence-corrected chi connectivity index (χ2v) is 9.78. The first-order chi connectivity index (χ1) is 16.3. The van der Waals surface area contributed by atoms with Crippen LogP contribution in [0.5, 0.6) is 0 Å². The number of amides is 2. The minimum Gasteiger partial charge on any atom is -0.324 e. The number of piperidine rings is 1. The lowest BCUT2D eigenvalue weighted by Gasteiger charge is -2.30. The van der Waals surface area contributed by atoms with Crippen LogP contribution in [0.15, 0.2) is 77.8 Å². The standard InChI is InChI=1S/C24H23FN4O4S/c25-18-9-10-20(27-24(31)21-8-4-5-13-26-21)22(16-18)28-23(30)17-11-14-29(15-12-17)34(32,33)19-6-2-1-3-7-19/h1-10,13,16-17H,11-12,14-15H2,(H,27,31)(H,28,30). The fourth-order valence-corrected chi connectivity index (χ4v) is 5.24. The third-order valence-electron chi connectivity index (χ3n) is 5.59. The molecule has 0 spiro atoms. The molecule has 2 amide bonds. The number of nitrogens with zero attached hydrogens (tertiary/aromatic N) is 2. The molecule has 1 fully saturated rings. The summed E-state index contributed by atoms with van der Waals surface area (Å²) in [6.07, 6.45) is 2.12. The third kappa shape index (κ3) is 5.29. The lowest BCUT2D eigenvalue weighted by Crippen LogP contribution is -2.41. The molecule has 10 heteroatoms. The fraction of sp³-hybridized carbons (Fsp3) is 0.208. The van der Waals surface area contributed by atoms with Crippen molar-refractivity contribution in [3.63, 3.8) is 0 Å². The van der Waals surface area contributed by atoms with Gasteiger partial charge in [-0.25, -0.2) is 12.8 Å². The maximum Gasteiger partial charge on any atom is 0.274 e. The van der Waals surface area contributed by atoms with Crippen LogP contribution in [-0.2, 0) is 14.8 Å². The van der Waals surface area contributed by atoms with E-state index in [1.54, 1.807) is 42.5 Å². The van der Waals surface area contributed by atoms with Crippen LogP contribution in [0.1, 0.15) is 23.3 Å². The van der Waals surface area contributed by atoms with Crippen molar-refractivity contribution in [3.8, 4) is 0 Å². The predicted octanol–water partition coefficient (Wildman–Crippen LogP) is 3.51. The van der Waals surface area contributed by atoms with Gasteiger partial charge in [0.15, 0.2) is 0 Å². The molecule has 0 bridgehead atoms. The van der Waals surface area contributed by atoms with E-state index in [2.05, 4.69) is 15.6 Å². The summed E-state index contributed by atoms with van der Waals surface area (Å²) in [7, 11) is -3.62. The number of rotatable bonds is 6. The Balaban J connectivity index is 1.42. The number of pyridine rings is 1. The van der Waals surface area contributed by atoms with Crippen LogP contribution in [0.4, 0.5) is 15.8 Å². The lowest BCUT2D eigenvalue weighted by molar-refractivity contribution is -0.120. The molecule has 2 aromatic carbocycles. The number of benzene rings is 2. The van der Waals surface area contributed by atoms with E-state index in [0.29, 0.717) is 12.8 Å². The number of halogens is 1. The number of nitrogens with one attached hydrogen (secondary N) is 2. The second-order valence-electron chi connectivity index (χ2n) is 7.84. The van der Waals surface area contributed by atoms with Gasteiger partial charge < -0.3 is 10.6 Å². The van der Waals surface area contributed by atoms with E-state index in [9.17, 15) is 22.4 Å². The highest BCUT2D eigenvalue weighted by molar-refractivity contribution is 7.89. The summed E-state index contributed by atoms with van der Waals surface area (Å²) < 4.78 is 40.9. The summed E-state index contributed by atoms with van der Waals surface area (Å²) in [5.41, 5.74) is 0.527. The van der Waals surface area contributed by atoms with E-state index in [0.717, 1.165) is 6.07 Å². The Bertz CT molecular complexity index is 1280. The van der Waals surface area contributed by atoms with Gasteiger partial charge in [0.25, 0.3) is 5.91 Å². The van der Waals surface area contributed by atoms with Crippen LogP contribution in [-0.4, -0.2) is 42.6 Å². The van der Waals surface area contributed by atoms with Crippen molar-refractivity contribution in [3.05, 3.63) is 84.4 Å². The van der Waals surface area contributed by atoms with Crippen molar-refractivity contribution in [1.82, 2.24) is 9.29 Å². The molecule has 1 saturated heterocycles. The molecule has 1 aromatic heterocycles. The van der Waals surface area contributed by atoms with Gasteiger partial charge in [-0.3, -0.25) is 14.6 Å². The average Bonchev–Trinajstić information content (AvgIpc) is 2.86. The molecule has 0 radical (unpaired) electrons. The monoisotopic (exact) mass is 482 g/mol. The van der Waals surface area contributed by atoms with Crippen LogP contribution in [0.2, 0.25) is 0 Å². The number of aromatic nitrogens is 1. The van der Waals surface area contributed by atoms with Gasteiger partial charge in [0, 0.05) is 25.2 Å². The summed E-state index contributed by atoms with van der Waals surface area (Å²) >= 11 is 0. The van der Waals surface area contributed by atoms with E-state index in [1.165, 1.54) is 28.7 Å². The van der Waals surface area contributed by atoms with Crippen molar-refractivity contribution >= 4 is 33.2 Å². The van der Waals surface area contributed by atoms with Gasteiger partial charge in [-0.1, -0.05) is 24.3 Å². The van der Waals surface area contributed by atoms with Crippen molar-refractivity contribution in [2.24, 2.45) is 5.92 Å². The van der Waals surface area contributed by atoms with Crippen LogP contribution in [0, 0.1) is 11.7 Å². The summed E-state index contributed by atoms with van der Waals surface area (Å²) in [6.45, 7) is 0.392. The Labute approximate surface area is 196 Å². The zero-order valence-electron chi connectivity index (χ0n) is 18.1. The maximum absolute atomic E-state index is 13.9. The number of sulfonamides is 1. The van der Waals surface area contributed by atoms with Gasteiger partial charge in [-0.05, 0) is 55.3 Å². The number of carbonyl (C=O) groups is 2. The van der Waals surface area contributed by atoms with Gasteiger partial charge in [-0.2, -0.15) is 4.31 Å².